The standard InChI is InChI=1S/C18H20N2O4/c1-12-3-8-15(16(21)11-12)20-18(23)17(22)19-10-9-13-4-6-14(24-2)7-5-13/h3-8,11,21H,9-10H2,1-2H3,(H,19,22)(H,20,23). The van der Waals surface area contributed by atoms with Crippen molar-refractivity contribution in [3.8, 4) is 11.5 Å². The molecule has 0 spiro atoms. The first kappa shape index (κ1) is 17.3. The molecule has 0 aliphatic carbocycles. The van der Waals surface area contributed by atoms with E-state index in [2.05, 4.69) is 10.6 Å². The number of hydrogen-bond donors (Lipinski definition) is 3. The van der Waals surface area contributed by atoms with Gasteiger partial charge in [0, 0.05) is 6.54 Å². The van der Waals surface area contributed by atoms with Crippen molar-refractivity contribution in [1.82, 2.24) is 5.32 Å². The zero-order chi connectivity index (χ0) is 17.5. The van der Waals surface area contributed by atoms with Gasteiger partial charge >= 0.3 is 11.8 Å². The average molecular weight is 328 g/mol. The van der Waals surface area contributed by atoms with Crippen molar-refractivity contribution < 1.29 is 19.4 Å². The number of anilines is 1. The summed E-state index contributed by atoms with van der Waals surface area (Å²) in [5.74, 6) is -0.873. The maximum atomic E-state index is 11.8. The molecule has 6 nitrogen and oxygen atoms in total. The van der Waals surface area contributed by atoms with Crippen LogP contribution in [-0.4, -0.2) is 30.6 Å². The van der Waals surface area contributed by atoms with Crippen LogP contribution >= 0.6 is 0 Å². The molecular formula is C18H20N2O4. The number of ether oxygens (including phenoxy) is 1. The first-order valence-corrected chi connectivity index (χ1v) is 7.51. The Morgan fingerprint density at radius 2 is 1.79 bits per heavy atom. The van der Waals surface area contributed by atoms with Gasteiger partial charge < -0.3 is 20.5 Å². The number of aryl methyl sites for hydroxylation is 1. The highest BCUT2D eigenvalue weighted by molar-refractivity contribution is 6.39. The monoisotopic (exact) mass is 328 g/mol. The summed E-state index contributed by atoms with van der Waals surface area (Å²) < 4.78 is 5.07. The lowest BCUT2D eigenvalue weighted by atomic mass is 10.1. The van der Waals surface area contributed by atoms with Gasteiger partial charge in [0.15, 0.2) is 0 Å². The Hall–Kier alpha value is -3.02. The molecule has 2 rings (SSSR count). The zero-order valence-corrected chi connectivity index (χ0v) is 13.6. The van der Waals surface area contributed by atoms with Gasteiger partial charge in [-0.25, -0.2) is 0 Å². The van der Waals surface area contributed by atoms with Crippen LogP contribution in [0.5, 0.6) is 11.5 Å². The molecule has 0 saturated carbocycles. The van der Waals surface area contributed by atoms with E-state index >= 15 is 0 Å². The number of hydrogen-bond acceptors (Lipinski definition) is 4. The molecular weight excluding hydrogens is 308 g/mol. The molecule has 0 bridgehead atoms. The van der Waals surface area contributed by atoms with E-state index in [0.29, 0.717) is 13.0 Å². The lowest BCUT2D eigenvalue weighted by molar-refractivity contribution is -0.136. The van der Waals surface area contributed by atoms with E-state index in [9.17, 15) is 14.7 Å². The van der Waals surface area contributed by atoms with E-state index in [4.69, 9.17) is 4.74 Å². The first-order valence-electron chi connectivity index (χ1n) is 7.51. The molecule has 0 atom stereocenters. The molecule has 0 aromatic heterocycles. The van der Waals surface area contributed by atoms with Gasteiger partial charge in [0.1, 0.15) is 11.5 Å². The van der Waals surface area contributed by atoms with Crippen molar-refractivity contribution in [2.75, 3.05) is 19.0 Å². The third-order valence-corrected chi connectivity index (χ3v) is 3.47. The minimum Gasteiger partial charge on any atom is -0.506 e. The summed E-state index contributed by atoms with van der Waals surface area (Å²) in [4.78, 5) is 23.6. The summed E-state index contributed by atoms with van der Waals surface area (Å²) in [6.07, 6.45) is 0.596. The minimum atomic E-state index is -0.816. The second-order valence-electron chi connectivity index (χ2n) is 5.33. The number of phenols is 1. The summed E-state index contributed by atoms with van der Waals surface area (Å²) in [5.41, 5.74) is 2.08. The molecule has 0 aliphatic heterocycles. The van der Waals surface area contributed by atoms with Crippen LogP contribution in [0.2, 0.25) is 0 Å². The van der Waals surface area contributed by atoms with Crippen LogP contribution in [0.25, 0.3) is 0 Å². The number of carbonyl (C=O) groups is 2. The maximum absolute atomic E-state index is 11.8. The van der Waals surface area contributed by atoms with E-state index in [1.165, 1.54) is 6.07 Å². The van der Waals surface area contributed by atoms with Crippen molar-refractivity contribution in [3.63, 3.8) is 0 Å². The lowest BCUT2D eigenvalue weighted by Crippen LogP contribution is -2.36. The summed E-state index contributed by atoms with van der Waals surface area (Å²) in [7, 11) is 1.60. The summed E-state index contributed by atoms with van der Waals surface area (Å²) in [5, 5.41) is 14.7. The number of methoxy groups -OCH3 is 1. The van der Waals surface area contributed by atoms with Crippen molar-refractivity contribution in [2.24, 2.45) is 0 Å². The van der Waals surface area contributed by atoms with Gasteiger partial charge in [-0.3, -0.25) is 9.59 Å². The Bertz CT molecular complexity index is 726. The number of nitrogens with one attached hydrogen (secondary N) is 2. The average Bonchev–Trinajstić information content (AvgIpc) is 2.57. The summed E-state index contributed by atoms with van der Waals surface area (Å²) in [6, 6.07) is 12.3. The molecule has 2 aromatic carbocycles. The van der Waals surface area contributed by atoms with Crippen molar-refractivity contribution >= 4 is 17.5 Å². The number of amides is 2. The van der Waals surface area contributed by atoms with Gasteiger partial charge in [-0.15, -0.1) is 0 Å². The normalized spacial score (nSPS) is 10.1. The number of aromatic hydroxyl groups is 1. The van der Waals surface area contributed by atoms with Gasteiger partial charge in [0.25, 0.3) is 0 Å². The zero-order valence-electron chi connectivity index (χ0n) is 13.6. The molecule has 2 amide bonds. The Labute approximate surface area is 140 Å². The van der Waals surface area contributed by atoms with E-state index < -0.39 is 11.8 Å². The molecule has 0 fully saturated rings. The number of carbonyl (C=O) groups excluding carboxylic acids is 2. The third-order valence-electron chi connectivity index (χ3n) is 3.47. The maximum Gasteiger partial charge on any atom is 0.313 e. The van der Waals surface area contributed by atoms with E-state index in [1.807, 2.05) is 31.2 Å². The van der Waals surface area contributed by atoms with Gasteiger partial charge in [-0.05, 0) is 48.7 Å². The minimum absolute atomic E-state index is 0.0746. The molecule has 126 valence electrons. The largest absolute Gasteiger partial charge is 0.506 e. The predicted octanol–water partition coefficient (Wildman–Crippen LogP) is 2.01. The third kappa shape index (κ3) is 4.74. The quantitative estimate of drug-likeness (QED) is 0.579. The summed E-state index contributed by atoms with van der Waals surface area (Å²) in [6.45, 7) is 2.15. The fraction of sp³-hybridized carbons (Fsp3) is 0.222. The fourth-order valence-corrected chi connectivity index (χ4v) is 2.12. The Balaban J connectivity index is 1.81. The second-order valence-corrected chi connectivity index (χ2v) is 5.33. The molecule has 0 radical (unpaired) electrons. The molecule has 24 heavy (non-hydrogen) atoms. The van der Waals surface area contributed by atoms with Gasteiger partial charge in [0.05, 0.1) is 12.8 Å². The van der Waals surface area contributed by atoms with Gasteiger partial charge in [0.2, 0.25) is 0 Å². The SMILES string of the molecule is COc1ccc(CCNC(=O)C(=O)Nc2ccc(C)cc2O)cc1. The molecule has 2 aromatic rings. The highest BCUT2D eigenvalue weighted by Crippen LogP contribution is 2.23. The van der Waals surface area contributed by atoms with Gasteiger partial charge in [-0.2, -0.15) is 0 Å². The van der Waals surface area contributed by atoms with Crippen LogP contribution in [-0.2, 0) is 16.0 Å². The number of benzene rings is 2. The van der Waals surface area contributed by atoms with Crippen molar-refractivity contribution in [3.05, 3.63) is 53.6 Å². The topological polar surface area (TPSA) is 87.7 Å². The lowest BCUT2D eigenvalue weighted by Gasteiger charge is -2.09. The van der Waals surface area contributed by atoms with Crippen LogP contribution in [0.4, 0.5) is 5.69 Å². The molecule has 0 saturated heterocycles. The Morgan fingerprint density at radius 3 is 2.42 bits per heavy atom. The van der Waals surface area contributed by atoms with E-state index in [-0.39, 0.29) is 11.4 Å². The Kier molecular flexibility index (Phi) is 5.78. The molecule has 3 N–H and O–H groups in total. The first-order chi connectivity index (χ1) is 11.5. The van der Waals surface area contributed by atoms with Crippen LogP contribution in [0, 0.1) is 6.92 Å². The number of phenolic OH excluding ortho intramolecular Hbond substituents is 1. The van der Waals surface area contributed by atoms with Crippen LogP contribution in [0.15, 0.2) is 42.5 Å². The highest BCUT2D eigenvalue weighted by atomic mass is 16.5. The van der Waals surface area contributed by atoms with Crippen LogP contribution < -0.4 is 15.4 Å². The van der Waals surface area contributed by atoms with Crippen LogP contribution in [0.1, 0.15) is 11.1 Å². The summed E-state index contributed by atoms with van der Waals surface area (Å²) >= 11 is 0. The number of rotatable bonds is 5. The smallest absolute Gasteiger partial charge is 0.313 e. The molecule has 0 unspecified atom stereocenters. The highest BCUT2D eigenvalue weighted by Gasteiger charge is 2.14. The molecule has 0 aliphatic rings. The van der Waals surface area contributed by atoms with E-state index in [0.717, 1.165) is 16.9 Å². The van der Waals surface area contributed by atoms with Crippen LogP contribution in [0.3, 0.4) is 0 Å². The predicted molar refractivity (Wildman–Crippen MR) is 91.2 cm³/mol. The Morgan fingerprint density at radius 1 is 1.08 bits per heavy atom. The van der Waals surface area contributed by atoms with Crippen molar-refractivity contribution in [1.29, 1.82) is 0 Å². The van der Waals surface area contributed by atoms with Gasteiger partial charge in [-0.1, -0.05) is 18.2 Å². The van der Waals surface area contributed by atoms with Crippen molar-refractivity contribution in [2.45, 2.75) is 13.3 Å². The molecule has 6 heteroatoms. The van der Waals surface area contributed by atoms with E-state index in [1.54, 1.807) is 19.2 Å². The molecule has 0 heterocycles. The second kappa shape index (κ2) is 8.01. The fourth-order valence-electron chi connectivity index (χ4n) is 2.12.